The third kappa shape index (κ3) is 2.01. The van der Waals surface area contributed by atoms with E-state index in [9.17, 15) is 0 Å². The van der Waals surface area contributed by atoms with Crippen LogP contribution in [-0.2, 0) is 11.8 Å². The van der Waals surface area contributed by atoms with Gasteiger partial charge in [-0.05, 0) is 12.8 Å². The molecule has 1 aromatic rings. The fourth-order valence-corrected chi connectivity index (χ4v) is 1.73. The van der Waals surface area contributed by atoms with Gasteiger partial charge in [-0.15, -0.1) is 0 Å². The van der Waals surface area contributed by atoms with Gasteiger partial charge in [-0.1, -0.05) is 11.6 Å². The van der Waals surface area contributed by atoms with Gasteiger partial charge < -0.3 is 10.1 Å². The molecule has 1 fully saturated rings. The molecule has 0 aliphatic carbocycles. The summed E-state index contributed by atoms with van der Waals surface area (Å²) in [4.78, 5) is 0. The minimum absolute atomic E-state index is 0.463. The van der Waals surface area contributed by atoms with Crippen LogP contribution in [0.1, 0.15) is 12.8 Å². The summed E-state index contributed by atoms with van der Waals surface area (Å²) >= 11 is 6.03. The van der Waals surface area contributed by atoms with Gasteiger partial charge in [0.15, 0.2) is 0 Å². The first-order chi connectivity index (χ1) is 6.77. The van der Waals surface area contributed by atoms with Crippen LogP contribution in [-0.4, -0.2) is 29.0 Å². The Morgan fingerprint density at radius 1 is 1.57 bits per heavy atom. The van der Waals surface area contributed by atoms with E-state index in [0.717, 1.165) is 31.7 Å². The lowest BCUT2D eigenvalue weighted by Crippen LogP contribution is -2.27. The maximum atomic E-state index is 6.03. The molecular formula is C9H14ClN3O. The zero-order chi connectivity index (χ0) is 9.97. The molecule has 2 heterocycles. The van der Waals surface area contributed by atoms with Crippen molar-refractivity contribution >= 4 is 17.3 Å². The lowest BCUT2D eigenvalue weighted by Gasteiger charge is -2.23. The smallest absolute Gasteiger partial charge is 0.149 e. The molecule has 1 saturated heterocycles. The van der Waals surface area contributed by atoms with Gasteiger partial charge in [0.25, 0.3) is 0 Å². The van der Waals surface area contributed by atoms with Gasteiger partial charge in [0.05, 0.1) is 11.9 Å². The lowest BCUT2D eigenvalue weighted by molar-refractivity contribution is 0.0904. The van der Waals surface area contributed by atoms with Gasteiger partial charge in [0.1, 0.15) is 5.15 Å². The van der Waals surface area contributed by atoms with Gasteiger partial charge in [-0.2, -0.15) is 5.10 Å². The number of aryl methyl sites for hydroxylation is 1. The first-order valence-electron chi connectivity index (χ1n) is 4.79. The molecule has 1 N–H and O–H groups in total. The van der Waals surface area contributed by atoms with E-state index in [1.54, 1.807) is 10.9 Å². The normalized spacial score (nSPS) is 18.4. The van der Waals surface area contributed by atoms with Crippen molar-refractivity contribution in [1.82, 2.24) is 9.78 Å². The fourth-order valence-electron chi connectivity index (χ4n) is 1.58. The minimum atomic E-state index is 0.463. The molecule has 1 aromatic heterocycles. The maximum absolute atomic E-state index is 6.03. The predicted octanol–water partition coefficient (Wildman–Crippen LogP) is 1.66. The van der Waals surface area contributed by atoms with E-state index in [1.165, 1.54) is 0 Å². The third-order valence-corrected chi connectivity index (χ3v) is 2.90. The summed E-state index contributed by atoms with van der Waals surface area (Å²) in [5.41, 5.74) is 0.918. The van der Waals surface area contributed by atoms with E-state index in [0.29, 0.717) is 11.2 Å². The average molecular weight is 216 g/mol. The maximum Gasteiger partial charge on any atom is 0.149 e. The molecule has 0 atom stereocenters. The number of hydrogen-bond acceptors (Lipinski definition) is 3. The highest BCUT2D eigenvalue weighted by Crippen LogP contribution is 2.22. The number of nitrogens with one attached hydrogen (secondary N) is 1. The molecule has 0 saturated carbocycles. The quantitative estimate of drug-likeness (QED) is 0.816. The Hall–Kier alpha value is -0.740. The Morgan fingerprint density at radius 3 is 2.86 bits per heavy atom. The van der Waals surface area contributed by atoms with E-state index in [1.807, 2.05) is 7.05 Å². The zero-order valence-corrected chi connectivity index (χ0v) is 8.92. The highest BCUT2D eigenvalue weighted by Gasteiger charge is 2.15. The first-order valence-corrected chi connectivity index (χ1v) is 5.17. The molecule has 5 heteroatoms. The van der Waals surface area contributed by atoms with Gasteiger partial charge in [-0.3, -0.25) is 4.68 Å². The molecule has 1 aliphatic rings. The van der Waals surface area contributed by atoms with Crippen LogP contribution in [0.15, 0.2) is 6.20 Å². The summed E-state index contributed by atoms with van der Waals surface area (Å²) < 4.78 is 6.94. The topological polar surface area (TPSA) is 39.1 Å². The molecule has 0 radical (unpaired) electrons. The molecule has 2 rings (SSSR count). The molecule has 0 bridgehead atoms. The number of rotatable bonds is 2. The Kier molecular flexibility index (Phi) is 2.93. The zero-order valence-electron chi connectivity index (χ0n) is 8.16. The van der Waals surface area contributed by atoms with Gasteiger partial charge in [0.2, 0.25) is 0 Å². The molecule has 1 aliphatic heterocycles. The Morgan fingerprint density at radius 2 is 2.29 bits per heavy atom. The molecule has 0 unspecified atom stereocenters. The van der Waals surface area contributed by atoms with Crippen molar-refractivity contribution in [3.05, 3.63) is 11.3 Å². The SMILES string of the molecule is Cn1ncc(NC2CCOCC2)c1Cl. The van der Waals surface area contributed by atoms with E-state index in [-0.39, 0.29) is 0 Å². The molecule has 4 nitrogen and oxygen atoms in total. The highest BCUT2D eigenvalue weighted by molar-refractivity contribution is 6.32. The predicted molar refractivity (Wildman–Crippen MR) is 55.7 cm³/mol. The van der Waals surface area contributed by atoms with Crippen molar-refractivity contribution in [2.24, 2.45) is 7.05 Å². The Bertz CT molecular complexity index is 307. The monoisotopic (exact) mass is 215 g/mol. The summed E-state index contributed by atoms with van der Waals surface area (Å²) in [6.07, 6.45) is 3.83. The van der Waals surface area contributed by atoms with Crippen LogP contribution in [0.5, 0.6) is 0 Å². The van der Waals surface area contributed by atoms with Crippen molar-refractivity contribution in [3.63, 3.8) is 0 Å². The molecule has 0 aromatic carbocycles. The van der Waals surface area contributed by atoms with Gasteiger partial charge in [-0.25, -0.2) is 0 Å². The second kappa shape index (κ2) is 4.19. The van der Waals surface area contributed by atoms with Crippen LogP contribution >= 0.6 is 11.6 Å². The highest BCUT2D eigenvalue weighted by atomic mass is 35.5. The lowest BCUT2D eigenvalue weighted by atomic mass is 10.1. The van der Waals surface area contributed by atoms with Crippen LogP contribution in [0.25, 0.3) is 0 Å². The van der Waals surface area contributed by atoms with E-state index < -0.39 is 0 Å². The van der Waals surface area contributed by atoms with Crippen molar-refractivity contribution in [2.45, 2.75) is 18.9 Å². The second-order valence-electron chi connectivity index (χ2n) is 3.50. The number of ether oxygens (including phenoxy) is 1. The molecule has 0 spiro atoms. The summed E-state index contributed by atoms with van der Waals surface area (Å²) in [6.45, 7) is 1.66. The largest absolute Gasteiger partial charge is 0.381 e. The number of nitrogens with zero attached hydrogens (tertiary/aromatic N) is 2. The van der Waals surface area contributed by atoms with Gasteiger partial charge >= 0.3 is 0 Å². The number of hydrogen-bond donors (Lipinski definition) is 1. The third-order valence-electron chi connectivity index (χ3n) is 2.45. The number of anilines is 1. The van der Waals surface area contributed by atoms with Crippen molar-refractivity contribution < 1.29 is 4.74 Å². The Balaban J connectivity index is 1.99. The van der Waals surface area contributed by atoms with Crippen molar-refractivity contribution in [3.8, 4) is 0 Å². The fraction of sp³-hybridized carbons (Fsp3) is 0.667. The first kappa shape index (κ1) is 9.80. The molecular weight excluding hydrogens is 202 g/mol. The van der Waals surface area contributed by atoms with Crippen LogP contribution in [0.3, 0.4) is 0 Å². The molecule has 78 valence electrons. The van der Waals surface area contributed by atoms with E-state index in [2.05, 4.69) is 10.4 Å². The second-order valence-corrected chi connectivity index (χ2v) is 3.86. The molecule has 0 amide bonds. The number of aromatic nitrogens is 2. The summed E-state index contributed by atoms with van der Waals surface area (Å²) in [7, 11) is 1.83. The standard InChI is InChI=1S/C9H14ClN3O/c1-13-9(10)8(6-11-13)12-7-2-4-14-5-3-7/h6-7,12H,2-5H2,1H3. The summed E-state index contributed by atoms with van der Waals surface area (Å²) in [5.74, 6) is 0. The average Bonchev–Trinajstić information content (AvgIpc) is 2.52. The minimum Gasteiger partial charge on any atom is -0.381 e. The molecule has 14 heavy (non-hydrogen) atoms. The van der Waals surface area contributed by atoms with E-state index in [4.69, 9.17) is 16.3 Å². The van der Waals surface area contributed by atoms with Crippen LogP contribution in [0.2, 0.25) is 5.15 Å². The summed E-state index contributed by atoms with van der Waals surface area (Å²) in [5, 5.41) is 8.11. The van der Waals surface area contributed by atoms with Gasteiger partial charge in [0, 0.05) is 26.3 Å². The number of halogens is 1. The van der Waals surface area contributed by atoms with E-state index >= 15 is 0 Å². The van der Waals surface area contributed by atoms with Crippen LogP contribution in [0, 0.1) is 0 Å². The van der Waals surface area contributed by atoms with Crippen LogP contribution in [0.4, 0.5) is 5.69 Å². The van der Waals surface area contributed by atoms with Crippen molar-refractivity contribution in [2.75, 3.05) is 18.5 Å². The Labute approximate surface area is 88.2 Å². The van der Waals surface area contributed by atoms with Crippen LogP contribution < -0.4 is 5.32 Å². The van der Waals surface area contributed by atoms with Crippen molar-refractivity contribution in [1.29, 1.82) is 0 Å². The summed E-state index contributed by atoms with van der Waals surface area (Å²) in [6, 6.07) is 0.463.